The third kappa shape index (κ3) is 7.16. The highest BCUT2D eigenvalue weighted by molar-refractivity contribution is 5.77. The Morgan fingerprint density at radius 2 is 1.87 bits per heavy atom. The van der Waals surface area contributed by atoms with E-state index >= 15 is 0 Å². The first kappa shape index (κ1) is 19.0. The Morgan fingerprint density at radius 3 is 2.48 bits per heavy atom. The Bertz CT molecular complexity index is 554. The van der Waals surface area contributed by atoms with Crippen LogP contribution in [-0.4, -0.2) is 42.6 Å². The van der Waals surface area contributed by atoms with Crippen LogP contribution in [0.4, 0.5) is 4.39 Å². The van der Waals surface area contributed by atoms with Gasteiger partial charge in [-0.1, -0.05) is 24.0 Å². The standard InChI is InChI=1S/C18H25FN2O2/c1-14(2)21(15(3)4)12-8-7-11-20-18(22)13-23-17-10-6-5-9-16(17)19/h5-6,9-10,14-15H,11-13H2,1-4H3,(H,20,22). The molecule has 0 unspecified atom stereocenters. The number of carbonyl (C=O) groups is 1. The molecule has 0 atom stereocenters. The number of ether oxygens (including phenoxy) is 1. The van der Waals surface area contributed by atoms with Gasteiger partial charge in [-0.2, -0.15) is 0 Å². The van der Waals surface area contributed by atoms with Crippen molar-refractivity contribution < 1.29 is 13.9 Å². The van der Waals surface area contributed by atoms with Crippen LogP contribution in [0.3, 0.4) is 0 Å². The van der Waals surface area contributed by atoms with Gasteiger partial charge in [-0.3, -0.25) is 9.69 Å². The van der Waals surface area contributed by atoms with E-state index in [0.29, 0.717) is 18.6 Å². The number of nitrogens with zero attached hydrogens (tertiary/aromatic N) is 1. The molecule has 0 bridgehead atoms. The summed E-state index contributed by atoms with van der Waals surface area (Å²) in [6.45, 7) is 9.20. The van der Waals surface area contributed by atoms with E-state index in [4.69, 9.17) is 4.74 Å². The number of hydrogen-bond donors (Lipinski definition) is 1. The summed E-state index contributed by atoms with van der Waals surface area (Å²) in [5, 5.41) is 2.63. The molecule has 0 spiro atoms. The molecule has 0 aliphatic rings. The van der Waals surface area contributed by atoms with Crippen molar-refractivity contribution in [1.82, 2.24) is 10.2 Å². The predicted molar refractivity (Wildman–Crippen MR) is 89.7 cm³/mol. The molecule has 0 radical (unpaired) electrons. The van der Waals surface area contributed by atoms with E-state index in [1.807, 2.05) is 0 Å². The van der Waals surface area contributed by atoms with E-state index in [2.05, 4.69) is 49.8 Å². The molecule has 1 amide bonds. The molecule has 1 aromatic carbocycles. The van der Waals surface area contributed by atoms with Crippen molar-refractivity contribution in [1.29, 1.82) is 0 Å². The minimum atomic E-state index is -0.484. The summed E-state index contributed by atoms with van der Waals surface area (Å²) in [5.74, 6) is 5.22. The molecule has 0 aliphatic heterocycles. The first-order valence-electron chi connectivity index (χ1n) is 7.77. The number of para-hydroxylation sites is 1. The van der Waals surface area contributed by atoms with Gasteiger partial charge in [-0.15, -0.1) is 0 Å². The van der Waals surface area contributed by atoms with E-state index in [9.17, 15) is 9.18 Å². The fraction of sp³-hybridized carbons (Fsp3) is 0.500. The Morgan fingerprint density at radius 1 is 1.22 bits per heavy atom. The number of carbonyl (C=O) groups excluding carboxylic acids is 1. The fourth-order valence-corrected chi connectivity index (χ4v) is 2.07. The van der Waals surface area contributed by atoms with E-state index < -0.39 is 5.82 Å². The molecule has 4 nitrogen and oxygen atoms in total. The number of halogens is 1. The molecule has 126 valence electrons. The lowest BCUT2D eigenvalue weighted by molar-refractivity contribution is -0.122. The second kappa shape index (κ2) is 9.86. The highest BCUT2D eigenvalue weighted by atomic mass is 19.1. The third-order valence-corrected chi connectivity index (χ3v) is 3.28. The molecule has 0 aliphatic carbocycles. The van der Waals surface area contributed by atoms with E-state index in [1.165, 1.54) is 12.1 Å². The number of amides is 1. The topological polar surface area (TPSA) is 41.6 Å². The van der Waals surface area contributed by atoms with Crippen LogP contribution in [0.1, 0.15) is 27.7 Å². The van der Waals surface area contributed by atoms with Crippen LogP contribution < -0.4 is 10.1 Å². The van der Waals surface area contributed by atoms with Gasteiger partial charge in [-0.05, 0) is 39.8 Å². The zero-order chi connectivity index (χ0) is 17.2. The quantitative estimate of drug-likeness (QED) is 0.785. The highest BCUT2D eigenvalue weighted by Gasteiger charge is 2.10. The maximum atomic E-state index is 13.3. The van der Waals surface area contributed by atoms with Crippen LogP contribution in [-0.2, 0) is 4.79 Å². The molecule has 1 aromatic rings. The van der Waals surface area contributed by atoms with Crippen molar-refractivity contribution in [2.75, 3.05) is 19.7 Å². The molecule has 1 N–H and O–H groups in total. The molecule has 5 heteroatoms. The maximum Gasteiger partial charge on any atom is 0.258 e. The van der Waals surface area contributed by atoms with E-state index in [0.717, 1.165) is 0 Å². The van der Waals surface area contributed by atoms with Crippen LogP contribution in [0.15, 0.2) is 24.3 Å². The van der Waals surface area contributed by atoms with E-state index in [-0.39, 0.29) is 24.8 Å². The van der Waals surface area contributed by atoms with Crippen LogP contribution in [0.25, 0.3) is 0 Å². The SMILES string of the molecule is CC(C)N(CC#CCNC(=O)COc1ccccc1F)C(C)C. The first-order chi connectivity index (χ1) is 10.9. The van der Waals surface area contributed by atoms with Crippen LogP contribution in [0.5, 0.6) is 5.75 Å². The van der Waals surface area contributed by atoms with Crippen LogP contribution in [0, 0.1) is 17.7 Å². The van der Waals surface area contributed by atoms with Gasteiger partial charge >= 0.3 is 0 Å². The van der Waals surface area contributed by atoms with Gasteiger partial charge in [0, 0.05) is 12.1 Å². The Labute approximate surface area is 138 Å². The van der Waals surface area contributed by atoms with Gasteiger partial charge in [0.2, 0.25) is 0 Å². The van der Waals surface area contributed by atoms with Crippen LogP contribution in [0.2, 0.25) is 0 Å². The average molecular weight is 320 g/mol. The largest absolute Gasteiger partial charge is 0.481 e. The fourth-order valence-electron chi connectivity index (χ4n) is 2.07. The molecule has 1 rings (SSSR count). The smallest absolute Gasteiger partial charge is 0.258 e. The van der Waals surface area contributed by atoms with Gasteiger partial charge in [0.25, 0.3) is 5.91 Å². The molecule has 0 heterocycles. The zero-order valence-corrected chi connectivity index (χ0v) is 14.2. The van der Waals surface area contributed by atoms with Crippen molar-refractivity contribution in [3.63, 3.8) is 0 Å². The molecule has 23 heavy (non-hydrogen) atoms. The van der Waals surface area contributed by atoms with Gasteiger partial charge in [0.15, 0.2) is 18.2 Å². The Balaban J connectivity index is 2.29. The first-order valence-corrected chi connectivity index (χ1v) is 7.77. The summed E-state index contributed by atoms with van der Waals surface area (Å²) in [5.41, 5.74) is 0. The van der Waals surface area contributed by atoms with Gasteiger partial charge in [-0.25, -0.2) is 4.39 Å². The summed E-state index contributed by atoms with van der Waals surface area (Å²) in [6, 6.07) is 6.83. The van der Waals surface area contributed by atoms with Gasteiger partial charge < -0.3 is 10.1 Å². The average Bonchev–Trinajstić information content (AvgIpc) is 2.49. The number of rotatable bonds is 7. The minimum absolute atomic E-state index is 0.0678. The van der Waals surface area contributed by atoms with Gasteiger partial charge in [0.05, 0.1) is 13.1 Å². The van der Waals surface area contributed by atoms with Gasteiger partial charge in [0.1, 0.15) is 0 Å². The highest BCUT2D eigenvalue weighted by Crippen LogP contribution is 2.14. The monoisotopic (exact) mass is 320 g/mol. The van der Waals surface area contributed by atoms with Crippen molar-refractivity contribution in [3.8, 4) is 17.6 Å². The zero-order valence-electron chi connectivity index (χ0n) is 14.2. The predicted octanol–water partition coefficient (Wildman–Crippen LogP) is 2.44. The summed E-state index contributed by atoms with van der Waals surface area (Å²) >= 11 is 0. The lowest BCUT2D eigenvalue weighted by Crippen LogP contribution is -2.37. The summed E-state index contributed by atoms with van der Waals surface area (Å²) in [7, 11) is 0. The lowest BCUT2D eigenvalue weighted by atomic mass is 10.2. The normalized spacial score (nSPS) is 10.6. The summed E-state index contributed by atoms with van der Waals surface area (Å²) in [6.07, 6.45) is 0. The number of benzene rings is 1. The van der Waals surface area contributed by atoms with Crippen molar-refractivity contribution in [2.24, 2.45) is 0 Å². The molecule has 0 saturated heterocycles. The molecule has 0 aromatic heterocycles. The minimum Gasteiger partial charge on any atom is -0.481 e. The molecule has 0 fully saturated rings. The Hall–Kier alpha value is -2.06. The third-order valence-electron chi connectivity index (χ3n) is 3.28. The van der Waals surface area contributed by atoms with Crippen molar-refractivity contribution in [2.45, 2.75) is 39.8 Å². The maximum absolute atomic E-state index is 13.3. The molecule has 0 saturated carbocycles. The van der Waals surface area contributed by atoms with Crippen LogP contribution >= 0.6 is 0 Å². The summed E-state index contributed by atoms with van der Waals surface area (Å²) < 4.78 is 18.4. The van der Waals surface area contributed by atoms with E-state index in [1.54, 1.807) is 12.1 Å². The Kier molecular flexibility index (Phi) is 8.14. The van der Waals surface area contributed by atoms with Crippen molar-refractivity contribution in [3.05, 3.63) is 30.1 Å². The number of nitrogens with one attached hydrogen (secondary N) is 1. The second-order valence-electron chi connectivity index (χ2n) is 5.71. The number of hydrogen-bond acceptors (Lipinski definition) is 3. The second-order valence-corrected chi connectivity index (χ2v) is 5.71. The molecular weight excluding hydrogens is 295 g/mol. The lowest BCUT2D eigenvalue weighted by Gasteiger charge is -2.28. The molecular formula is C18H25FN2O2. The summed E-state index contributed by atoms with van der Waals surface area (Å²) in [4.78, 5) is 13.9. The van der Waals surface area contributed by atoms with Crippen molar-refractivity contribution >= 4 is 5.91 Å².